The first-order valence-electron chi connectivity index (χ1n) is 4.10. The highest BCUT2D eigenvalue weighted by Crippen LogP contribution is 2.38. The molecule has 5 N–H and O–H groups in total. The van der Waals surface area contributed by atoms with E-state index in [4.69, 9.17) is 11.5 Å². The van der Waals surface area contributed by atoms with E-state index in [9.17, 15) is 5.11 Å². The second-order valence-electron chi connectivity index (χ2n) is 2.99. The van der Waals surface area contributed by atoms with Crippen LogP contribution in [-0.2, 0) is 0 Å². The number of aromatic hydroxyl groups is 1. The Hall–Kier alpha value is -1.68. The van der Waals surface area contributed by atoms with Gasteiger partial charge in [-0.25, -0.2) is 0 Å². The van der Waals surface area contributed by atoms with Crippen LogP contribution >= 0.6 is 11.3 Å². The molecule has 0 aliphatic rings. The molecule has 2 aromatic rings. The molecule has 0 bridgehead atoms. The topological polar surface area (TPSA) is 72.3 Å². The van der Waals surface area contributed by atoms with Crippen LogP contribution < -0.4 is 11.5 Å². The molecule has 4 heteroatoms. The summed E-state index contributed by atoms with van der Waals surface area (Å²) >= 11 is 1.47. The van der Waals surface area contributed by atoms with Crippen LogP contribution in [0.1, 0.15) is 0 Å². The maximum absolute atomic E-state index is 9.64. The minimum absolute atomic E-state index is 0.187. The van der Waals surface area contributed by atoms with E-state index in [1.807, 2.05) is 5.38 Å². The van der Waals surface area contributed by atoms with Gasteiger partial charge in [0.15, 0.2) is 0 Å². The normalized spacial score (nSPS) is 10.3. The number of hydrogen-bond acceptors (Lipinski definition) is 4. The van der Waals surface area contributed by atoms with Gasteiger partial charge in [-0.05, 0) is 18.2 Å². The Labute approximate surface area is 85.6 Å². The monoisotopic (exact) mass is 206 g/mol. The average molecular weight is 206 g/mol. The molecule has 0 aliphatic carbocycles. The summed E-state index contributed by atoms with van der Waals surface area (Å²) in [4.78, 5) is 0.887. The van der Waals surface area contributed by atoms with E-state index in [2.05, 4.69) is 0 Å². The van der Waals surface area contributed by atoms with E-state index >= 15 is 0 Å². The van der Waals surface area contributed by atoms with Gasteiger partial charge in [0.25, 0.3) is 0 Å². The second kappa shape index (κ2) is 3.23. The lowest BCUT2D eigenvalue weighted by Gasteiger charge is -2.04. The van der Waals surface area contributed by atoms with Crippen molar-refractivity contribution in [2.45, 2.75) is 0 Å². The molecular weight excluding hydrogens is 196 g/mol. The Morgan fingerprint density at radius 2 is 2.00 bits per heavy atom. The molecule has 0 atom stereocenters. The smallest absolute Gasteiger partial charge is 0.126 e. The Morgan fingerprint density at radius 3 is 2.57 bits per heavy atom. The second-order valence-corrected chi connectivity index (χ2v) is 3.90. The molecule has 0 fully saturated rings. The fourth-order valence-electron chi connectivity index (χ4n) is 1.31. The van der Waals surface area contributed by atoms with Crippen LogP contribution in [0.3, 0.4) is 0 Å². The minimum atomic E-state index is 0.187. The molecule has 0 aliphatic heterocycles. The first-order valence-corrected chi connectivity index (χ1v) is 4.98. The highest BCUT2D eigenvalue weighted by molar-refractivity contribution is 7.14. The molecule has 14 heavy (non-hydrogen) atoms. The lowest BCUT2D eigenvalue weighted by Crippen LogP contribution is -1.88. The molecule has 1 aromatic heterocycles. The molecule has 0 saturated heterocycles. The van der Waals surface area contributed by atoms with Crippen molar-refractivity contribution in [3.63, 3.8) is 0 Å². The average Bonchev–Trinajstić information content (AvgIpc) is 2.51. The van der Waals surface area contributed by atoms with Crippen molar-refractivity contribution in [3.8, 4) is 16.2 Å². The number of nitrogens with two attached hydrogens (primary N) is 2. The third kappa shape index (κ3) is 1.40. The van der Waals surface area contributed by atoms with Gasteiger partial charge in [0.05, 0.1) is 5.56 Å². The fourth-order valence-corrected chi connectivity index (χ4v) is 2.18. The zero-order chi connectivity index (χ0) is 10.1. The molecular formula is C10H10N2OS. The zero-order valence-electron chi connectivity index (χ0n) is 7.40. The standard InChI is InChI=1S/C10H10N2OS/c11-6-4-9(14-5-6)10-7(12)2-1-3-8(10)13/h1-5,13H,11-12H2. The van der Waals surface area contributed by atoms with Crippen LogP contribution in [0.25, 0.3) is 10.4 Å². The molecule has 0 radical (unpaired) electrons. The van der Waals surface area contributed by atoms with E-state index in [-0.39, 0.29) is 5.75 Å². The lowest BCUT2D eigenvalue weighted by molar-refractivity contribution is 0.478. The van der Waals surface area contributed by atoms with Gasteiger partial charge in [-0.15, -0.1) is 11.3 Å². The maximum atomic E-state index is 9.64. The number of phenols is 1. The summed E-state index contributed by atoms with van der Waals surface area (Å²) in [5, 5.41) is 11.5. The summed E-state index contributed by atoms with van der Waals surface area (Å²) in [6, 6.07) is 6.88. The minimum Gasteiger partial charge on any atom is -0.507 e. The third-order valence-electron chi connectivity index (χ3n) is 1.94. The van der Waals surface area contributed by atoms with E-state index in [1.54, 1.807) is 24.3 Å². The number of thiophene rings is 1. The highest BCUT2D eigenvalue weighted by atomic mass is 32.1. The largest absolute Gasteiger partial charge is 0.507 e. The molecule has 3 nitrogen and oxygen atoms in total. The number of hydrogen-bond donors (Lipinski definition) is 3. The number of benzene rings is 1. The van der Waals surface area contributed by atoms with Gasteiger partial charge in [0.1, 0.15) is 5.75 Å². The molecule has 2 rings (SSSR count). The molecule has 72 valence electrons. The first-order chi connectivity index (χ1) is 6.68. The van der Waals surface area contributed by atoms with Crippen LogP contribution in [0.2, 0.25) is 0 Å². The molecule has 1 aromatic carbocycles. The van der Waals surface area contributed by atoms with Gasteiger partial charge in [0.2, 0.25) is 0 Å². The van der Waals surface area contributed by atoms with Crippen LogP contribution in [0, 0.1) is 0 Å². The summed E-state index contributed by atoms with van der Waals surface area (Å²) in [6.07, 6.45) is 0. The van der Waals surface area contributed by atoms with Crippen molar-refractivity contribution in [2.24, 2.45) is 0 Å². The van der Waals surface area contributed by atoms with Crippen molar-refractivity contribution in [3.05, 3.63) is 29.6 Å². The van der Waals surface area contributed by atoms with Crippen molar-refractivity contribution in [1.29, 1.82) is 0 Å². The van der Waals surface area contributed by atoms with E-state index in [0.717, 1.165) is 4.88 Å². The van der Waals surface area contributed by atoms with Crippen molar-refractivity contribution < 1.29 is 5.11 Å². The molecule has 0 saturated carbocycles. The van der Waals surface area contributed by atoms with Gasteiger partial charge in [-0.3, -0.25) is 0 Å². The Bertz CT molecular complexity index is 445. The molecule has 0 unspecified atom stereocenters. The van der Waals surface area contributed by atoms with Gasteiger partial charge in [-0.2, -0.15) is 0 Å². The predicted octanol–water partition coefficient (Wildman–Crippen LogP) is 2.29. The molecule has 0 amide bonds. The summed E-state index contributed by atoms with van der Waals surface area (Å²) in [6.45, 7) is 0. The summed E-state index contributed by atoms with van der Waals surface area (Å²) in [5.41, 5.74) is 13.3. The van der Waals surface area contributed by atoms with Crippen molar-refractivity contribution >= 4 is 22.7 Å². The third-order valence-corrected chi connectivity index (χ3v) is 2.91. The fraction of sp³-hybridized carbons (Fsp3) is 0. The number of anilines is 2. The summed E-state index contributed by atoms with van der Waals surface area (Å²) in [7, 11) is 0. The van der Waals surface area contributed by atoms with Crippen molar-refractivity contribution in [1.82, 2.24) is 0 Å². The van der Waals surface area contributed by atoms with Crippen LogP contribution in [0.15, 0.2) is 29.6 Å². The molecule has 1 heterocycles. The number of phenolic OH excluding ortho intramolecular Hbond substituents is 1. The maximum Gasteiger partial charge on any atom is 0.126 e. The Morgan fingerprint density at radius 1 is 1.21 bits per heavy atom. The Kier molecular flexibility index (Phi) is 2.05. The predicted molar refractivity (Wildman–Crippen MR) is 60.2 cm³/mol. The summed E-state index contributed by atoms with van der Waals surface area (Å²) in [5.74, 6) is 0.187. The zero-order valence-corrected chi connectivity index (χ0v) is 8.21. The SMILES string of the molecule is Nc1csc(-c2c(N)cccc2O)c1. The number of rotatable bonds is 1. The van der Waals surface area contributed by atoms with E-state index < -0.39 is 0 Å². The van der Waals surface area contributed by atoms with Gasteiger partial charge in [0, 0.05) is 21.6 Å². The Balaban J connectivity index is 2.61. The van der Waals surface area contributed by atoms with E-state index in [1.165, 1.54) is 11.3 Å². The number of nitrogen functional groups attached to an aromatic ring is 2. The first kappa shape index (κ1) is 8.90. The van der Waals surface area contributed by atoms with Crippen molar-refractivity contribution in [2.75, 3.05) is 11.5 Å². The van der Waals surface area contributed by atoms with E-state index in [0.29, 0.717) is 16.9 Å². The molecule has 0 spiro atoms. The summed E-state index contributed by atoms with van der Waals surface area (Å²) < 4.78 is 0. The van der Waals surface area contributed by atoms with Crippen LogP contribution in [0.4, 0.5) is 11.4 Å². The highest BCUT2D eigenvalue weighted by Gasteiger charge is 2.09. The van der Waals surface area contributed by atoms with Crippen LogP contribution in [0.5, 0.6) is 5.75 Å². The lowest BCUT2D eigenvalue weighted by atomic mass is 10.1. The van der Waals surface area contributed by atoms with Gasteiger partial charge < -0.3 is 16.6 Å². The van der Waals surface area contributed by atoms with Gasteiger partial charge in [-0.1, -0.05) is 6.07 Å². The quantitative estimate of drug-likeness (QED) is 0.627. The van der Waals surface area contributed by atoms with Crippen LogP contribution in [-0.4, -0.2) is 5.11 Å². The van der Waals surface area contributed by atoms with Gasteiger partial charge >= 0.3 is 0 Å².